The van der Waals surface area contributed by atoms with E-state index in [9.17, 15) is 13.2 Å². The van der Waals surface area contributed by atoms with Crippen LogP contribution in [0.3, 0.4) is 0 Å². The van der Waals surface area contributed by atoms with Crippen molar-refractivity contribution in [1.29, 1.82) is 0 Å². The van der Waals surface area contributed by atoms with Crippen LogP contribution in [-0.2, 0) is 21.3 Å². The van der Waals surface area contributed by atoms with Gasteiger partial charge >= 0.3 is 6.03 Å². The number of sulfonamides is 1. The Hall–Kier alpha value is -3.02. The Morgan fingerprint density at radius 1 is 1.09 bits per heavy atom. The number of anilines is 2. The number of amides is 2. The van der Waals surface area contributed by atoms with Gasteiger partial charge in [-0.2, -0.15) is 4.89 Å². The molecular formula is C24H30N4O6S. The molecule has 2 amide bonds. The van der Waals surface area contributed by atoms with Gasteiger partial charge in [0.15, 0.2) is 5.75 Å². The molecule has 0 unspecified atom stereocenters. The maximum Gasteiger partial charge on any atom is 0.335 e. The molecule has 11 heteroatoms. The Bertz CT molecular complexity index is 1200. The Morgan fingerprint density at radius 3 is 2.69 bits per heavy atom. The number of methoxy groups -OCH3 is 1. The van der Waals surface area contributed by atoms with E-state index in [-0.39, 0.29) is 17.1 Å². The van der Waals surface area contributed by atoms with Gasteiger partial charge in [-0.15, -0.1) is 0 Å². The van der Waals surface area contributed by atoms with Crippen LogP contribution in [0.5, 0.6) is 11.5 Å². The number of rotatable bonds is 6. The SMILES string of the molecule is COc1ccccc1N1CCN(CCCN2C(=O)Nc3cc4c(cc3S2(=O)=O)CCCOO4)CC1. The smallest absolute Gasteiger partial charge is 0.335 e. The van der Waals surface area contributed by atoms with Crippen LogP contribution in [0.15, 0.2) is 41.3 Å². The molecule has 1 N–H and O–H groups in total. The Morgan fingerprint density at radius 2 is 1.89 bits per heavy atom. The summed E-state index contributed by atoms with van der Waals surface area (Å²) in [7, 11) is -2.27. The number of urea groups is 1. The molecule has 3 heterocycles. The summed E-state index contributed by atoms with van der Waals surface area (Å²) in [5.41, 5.74) is 2.07. The van der Waals surface area contributed by atoms with E-state index in [1.54, 1.807) is 13.2 Å². The van der Waals surface area contributed by atoms with E-state index in [1.807, 2.05) is 18.2 Å². The number of ether oxygens (including phenoxy) is 1. The quantitative estimate of drug-likeness (QED) is 0.602. The Labute approximate surface area is 205 Å². The number of hydrogen-bond acceptors (Lipinski definition) is 8. The standard InChI is InChI=1S/C24H30N4O6S/c1-32-21-8-3-2-7-20(21)27-13-11-26(12-14-27)9-5-10-28-24(29)25-19-17-22-18(6-4-15-33-34-22)16-23(19)35(28,30)31/h2-3,7-8,16-17H,4-6,9-15H2,1H3,(H,25,29). The fraction of sp³-hybridized carbons (Fsp3) is 0.458. The van der Waals surface area contributed by atoms with Crippen LogP contribution in [0.1, 0.15) is 18.4 Å². The molecule has 2 aromatic carbocycles. The molecule has 0 aliphatic carbocycles. The number of fused-ring (bicyclic) bond motifs is 2. The van der Waals surface area contributed by atoms with Gasteiger partial charge in [-0.25, -0.2) is 17.5 Å². The Balaban J connectivity index is 1.19. The molecule has 1 fully saturated rings. The van der Waals surface area contributed by atoms with Crippen LogP contribution in [0.2, 0.25) is 0 Å². The molecule has 0 bridgehead atoms. The lowest BCUT2D eigenvalue weighted by Crippen LogP contribution is -2.48. The van der Waals surface area contributed by atoms with E-state index in [4.69, 9.17) is 14.5 Å². The number of nitrogens with one attached hydrogen (secondary N) is 1. The van der Waals surface area contributed by atoms with Crippen molar-refractivity contribution in [2.75, 3.05) is 63.2 Å². The summed E-state index contributed by atoms with van der Waals surface area (Å²) in [6.07, 6.45) is 1.93. The van der Waals surface area contributed by atoms with Crippen molar-refractivity contribution in [3.05, 3.63) is 42.0 Å². The first-order valence-corrected chi connectivity index (χ1v) is 13.3. The zero-order valence-electron chi connectivity index (χ0n) is 19.7. The van der Waals surface area contributed by atoms with Crippen LogP contribution in [0, 0.1) is 0 Å². The molecule has 10 nitrogen and oxygen atoms in total. The van der Waals surface area contributed by atoms with Gasteiger partial charge in [-0.05, 0) is 43.0 Å². The van der Waals surface area contributed by atoms with Crippen LogP contribution < -0.4 is 19.8 Å². The predicted octanol–water partition coefficient (Wildman–Crippen LogP) is 2.70. The normalized spacial score (nSPS) is 19.7. The molecular weight excluding hydrogens is 472 g/mol. The van der Waals surface area contributed by atoms with Crippen molar-refractivity contribution in [1.82, 2.24) is 9.21 Å². The number of nitrogens with zero attached hydrogens (tertiary/aromatic N) is 3. The minimum Gasteiger partial charge on any atom is -0.495 e. The average molecular weight is 503 g/mol. The summed E-state index contributed by atoms with van der Waals surface area (Å²) in [5.74, 6) is 1.30. The van der Waals surface area contributed by atoms with Crippen molar-refractivity contribution >= 4 is 27.4 Å². The van der Waals surface area contributed by atoms with Crippen molar-refractivity contribution in [2.24, 2.45) is 0 Å². The maximum atomic E-state index is 13.3. The highest BCUT2D eigenvalue weighted by atomic mass is 32.2. The number of benzene rings is 2. The van der Waals surface area contributed by atoms with Gasteiger partial charge in [0.05, 0.1) is 25.1 Å². The van der Waals surface area contributed by atoms with Gasteiger partial charge in [-0.3, -0.25) is 4.90 Å². The molecule has 0 spiro atoms. The molecule has 3 aliphatic heterocycles. The van der Waals surface area contributed by atoms with Crippen LogP contribution in [0.4, 0.5) is 16.2 Å². The van der Waals surface area contributed by atoms with Gasteiger partial charge in [-0.1, -0.05) is 12.1 Å². The van der Waals surface area contributed by atoms with E-state index in [0.29, 0.717) is 31.7 Å². The second-order valence-electron chi connectivity index (χ2n) is 8.83. The maximum absolute atomic E-state index is 13.3. The second kappa shape index (κ2) is 9.92. The van der Waals surface area contributed by atoms with E-state index < -0.39 is 16.1 Å². The summed E-state index contributed by atoms with van der Waals surface area (Å²) in [5, 5.41) is 2.70. The number of carbonyl (C=O) groups is 1. The fourth-order valence-electron chi connectivity index (χ4n) is 4.78. The topological polar surface area (TPSA) is 101 Å². The lowest BCUT2D eigenvalue weighted by atomic mass is 10.1. The zero-order valence-corrected chi connectivity index (χ0v) is 20.6. The first kappa shape index (κ1) is 23.7. The highest BCUT2D eigenvalue weighted by Crippen LogP contribution is 2.37. The summed E-state index contributed by atoms with van der Waals surface area (Å²) >= 11 is 0. The summed E-state index contributed by atoms with van der Waals surface area (Å²) in [4.78, 5) is 27.7. The van der Waals surface area contributed by atoms with Crippen molar-refractivity contribution in [3.63, 3.8) is 0 Å². The van der Waals surface area contributed by atoms with E-state index in [0.717, 1.165) is 53.9 Å². The second-order valence-corrected chi connectivity index (χ2v) is 10.7. The molecule has 5 rings (SSSR count). The predicted molar refractivity (Wildman–Crippen MR) is 131 cm³/mol. The highest BCUT2D eigenvalue weighted by molar-refractivity contribution is 7.90. The van der Waals surface area contributed by atoms with Gasteiger partial charge in [0.25, 0.3) is 10.0 Å². The number of aryl methyl sites for hydroxylation is 1. The number of carbonyl (C=O) groups excluding carboxylic acids is 1. The molecule has 0 radical (unpaired) electrons. The van der Waals surface area contributed by atoms with E-state index in [2.05, 4.69) is 21.2 Å². The van der Waals surface area contributed by atoms with Crippen molar-refractivity contribution in [3.8, 4) is 11.5 Å². The largest absolute Gasteiger partial charge is 0.495 e. The zero-order chi connectivity index (χ0) is 24.4. The van der Waals surface area contributed by atoms with Gasteiger partial charge in [0.1, 0.15) is 10.6 Å². The monoisotopic (exact) mass is 502 g/mol. The minimum atomic E-state index is -3.95. The molecule has 1 saturated heterocycles. The molecule has 0 aromatic heterocycles. The number of para-hydroxylation sites is 2. The lowest BCUT2D eigenvalue weighted by Gasteiger charge is -2.37. The average Bonchev–Trinajstić information content (AvgIpc) is 3.10. The van der Waals surface area contributed by atoms with Gasteiger partial charge < -0.3 is 19.8 Å². The number of piperazine rings is 1. The molecule has 188 valence electrons. The molecule has 2 aromatic rings. The van der Waals surface area contributed by atoms with E-state index >= 15 is 0 Å². The number of hydrogen-bond donors (Lipinski definition) is 1. The third-order valence-electron chi connectivity index (χ3n) is 6.66. The minimum absolute atomic E-state index is 0.103. The van der Waals surface area contributed by atoms with Gasteiger partial charge in [0.2, 0.25) is 0 Å². The summed E-state index contributed by atoms with van der Waals surface area (Å²) in [6, 6.07) is 10.5. The fourth-order valence-corrected chi connectivity index (χ4v) is 6.33. The molecule has 0 atom stereocenters. The Kier molecular flexibility index (Phi) is 6.72. The van der Waals surface area contributed by atoms with E-state index in [1.165, 1.54) is 6.07 Å². The van der Waals surface area contributed by atoms with Crippen LogP contribution >= 0.6 is 0 Å². The summed E-state index contributed by atoms with van der Waals surface area (Å²) in [6.45, 7) is 4.68. The molecule has 35 heavy (non-hydrogen) atoms. The van der Waals surface area contributed by atoms with Gasteiger partial charge in [0, 0.05) is 45.3 Å². The van der Waals surface area contributed by atoms with Crippen molar-refractivity contribution < 1.29 is 27.7 Å². The highest BCUT2D eigenvalue weighted by Gasteiger charge is 2.37. The van der Waals surface area contributed by atoms with Crippen LogP contribution in [0.25, 0.3) is 0 Å². The van der Waals surface area contributed by atoms with Crippen molar-refractivity contribution in [2.45, 2.75) is 24.2 Å². The lowest BCUT2D eigenvalue weighted by molar-refractivity contribution is -0.203. The third-order valence-corrected chi connectivity index (χ3v) is 8.48. The summed E-state index contributed by atoms with van der Waals surface area (Å²) < 4.78 is 33.0. The first-order chi connectivity index (χ1) is 17.0. The molecule has 0 saturated carbocycles. The third kappa shape index (κ3) is 4.75. The first-order valence-electron chi connectivity index (χ1n) is 11.9. The van der Waals surface area contributed by atoms with Crippen LogP contribution in [-0.4, -0.2) is 76.6 Å². The molecule has 3 aliphatic rings.